The largest absolute Gasteiger partial charge is 0.469 e. The monoisotopic (exact) mass is 251 g/mol. The number of carbonyl (C=O) groups is 1. The normalized spacial score (nSPS) is 18.9. The van der Waals surface area contributed by atoms with Crippen LogP contribution in [0.3, 0.4) is 0 Å². The van der Waals surface area contributed by atoms with Crippen molar-refractivity contribution in [3.8, 4) is 0 Å². The van der Waals surface area contributed by atoms with Crippen molar-refractivity contribution < 1.29 is 9.21 Å². The summed E-state index contributed by atoms with van der Waals surface area (Å²) in [6.45, 7) is 7.92. The average molecular weight is 251 g/mol. The van der Waals surface area contributed by atoms with E-state index in [1.165, 1.54) is 6.26 Å². The van der Waals surface area contributed by atoms with Crippen LogP contribution < -0.4 is 5.73 Å². The van der Waals surface area contributed by atoms with Crippen molar-refractivity contribution in [1.82, 2.24) is 9.80 Å². The van der Waals surface area contributed by atoms with E-state index in [2.05, 4.69) is 11.8 Å². The molecular weight excluding hydrogens is 230 g/mol. The second-order valence-corrected chi connectivity index (χ2v) is 4.86. The lowest BCUT2D eigenvalue weighted by Gasteiger charge is -2.37. The predicted molar refractivity (Wildman–Crippen MR) is 69.4 cm³/mol. The molecule has 0 bridgehead atoms. The minimum absolute atomic E-state index is 0.0619. The zero-order valence-electron chi connectivity index (χ0n) is 11.1. The molecule has 1 atom stereocenters. The Hall–Kier alpha value is -1.33. The molecule has 0 radical (unpaired) electrons. The highest BCUT2D eigenvalue weighted by Crippen LogP contribution is 2.12. The molecular formula is C13H21N3O2. The number of hydrogen-bond acceptors (Lipinski definition) is 4. The van der Waals surface area contributed by atoms with E-state index < -0.39 is 0 Å². The molecule has 1 unspecified atom stereocenters. The molecule has 18 heavy (non-hydrogen) atoms. The van der Waals surface area contributed by atoms with E-state index in [1.54, 1.807) is 6.07 Å². The quantitative estimate of drug-likeness (QED) is 0.858. The Bertz CT molecular complexity index is 408. The standard InChI is InChI=1S/C13H21N3O2/c1-10(8-14)15-3-5-16(6-4-15)13(17)12-7-11(2)18-9-12/h7,9-10H,3-6,8,14H2,1-2H3. The fourth-order valence-electron chi connectivity index (χ4n) is 2.25. The lowest BCUT2D eigenvalue weighted by Crippen LogP contribution is -2.52. The van der Waals surface area contributed by atoms with Gasteiger partial charge in [0.1, 0.15) is 12.0 Å². The number of carbonyl (C=O) groups excluding carboxylic acids is 1. The second kappa shape index (κ2) is 5.54. The molecule has 1 aliphatic rings. The van der Waals surface area contributed by atoms with Gasteiger partial charge in [-0.05, 0) is 19.9 Å². The van der Waals surface area contributed by atoms with Crippen LogP contribution in [0.2, 0.25) is 0 Å². The molecule has 5 heteroatoms. The number of hydrogen-bond donors (Lipinski definition) is 1. The van der Waals surface area contributed by atoms with Crippen LogP contribution in [0.25, 0.3) is 0 Å². The maximum atomic E-state index is 12.2. The highest BCUT2D eigenvalue weighted by Gasteiger charge is 2.24. The van der Waals surface area contributed by atoms with E-state index >= 15 is 0 Å². The maximum Gasteiger partial charge on any atom is 0.257 e. The maximum absolute atomic E-state index is 12.2. The molecule has 1 amide bonds. The van der Waals surface area contributed by atoms with E-state index in [4.69, 9.17) is 10.2 Å². The van der Waals surface area contributed by atoms with Crippen molar-refractivity contribution in [2.45, 2.75) is 19.9 Å². The summed E-state index contributed by atoms with van der Waals surface area (Å²) in [7, 11) is 0. The van der Waals surface area contributed by atoms with E-state index in [0.29, 0.717) is 18.2 Å². The number of piperazine rings is 1. The molecule has 2 rings (SSSR count). The molecule has 100 valence electrons. The molecule has 1 aromatic rings. The number of furan rings is 1. The summed E-state index contributed by atoms with van der Waals surface area (Å²) in [5.41, 5.74) is 6.30. The molecule has 2 N–H and O–H groups in total. The first-order valence-electron chi connectivity index (χ1n) is 6.40. The van der Waals surface area contributed by atoms with Gasteiger partial charge in [-0.2, -0.15) is 0 Å². The first kappa shape index (κ1) is 13.1. The van der Waals surface area contributed by atoms with E-state index in [1.807, 2.05) is 11.8 Å². The molecule has 1 aromatic heterocycles. The molecule has 0 aliphatic carbocycles. The van der Waals surface area contributed by atoms with Gasteiger partial charge in [-0.15, -0.1) is 0 Å². The van der Waals surface area contributed by atoms with Crippen LogP contribution >= 0.6 is 0 Å². The zero-order chi connectivity index (χ0) is 13.1. The third-order valence-electron chi connectivity index (χ3n) is 3.54. The molecule has 1 aliphatic heterocycles. The third-order valence-corrected chi connectivity index (χ3v) is 3.54. The first-order chi connectivity index (χ1) is 8.61. The Labute approximate surface area is 108 Å². The van der Waals surface area contributed by atoms with Gasteiger partial charge < -0.3 is 15.1 Å². The van der Waals surface area contributed by atoms with Gasteiger partial charge in [-0.25, -0.2) is 0 Å². The van der Waals surface area contributed by atoms with Crippen LogP contribution in [0.5, 0.6) is 0 Å². The summed E-state index contributed by atoms with van der Waals surface area (Å²) in [5, 5.41) is 0. The Morgan fingerprint density at radius 2 is 2.11 bits per heavy atom. The number of amides is 1. The Morgan fingerprint density at radius 1 is 1.44 bits per heavy atom. The van der Waals surface area contributed by atoms with Crippen LogP contribution in [0.1, 0.15) is 23.0 Å². The van der Waals surface area contributed by atoms with Gasteiger partial charge in [0.25, 0.3) is 5.91 Å². The topological polar surface area (TPSA) is 62.7 Å². The van der Waals surface area contributed by atoms with Gasteiger partial charge in [0.05, 0.1) is 5.56 Å². The van der Waals surface area contributed by atoms with Gasteiger partial charge in [0, 0.05) is 38.8 Å². The fourth-order valence-corrected chi connectivity index (χ4v) is 2.25. The molecule has 1 fully saturated rings. The Kier molecular flexibility index (Phi) is 4.04. The summed E-state index contributed by atoms with van der Waals surface area (Å²) in [4.78, 5) is 16.4. The lowest BCUT2D eigenvalue weighted by molar-refractivity contribution is 0.0588. The van der Waals surface area contributed by atoms with Crippen molar-refractivity contribution in [1.29, 1.82) is 0 Å². The molecule has 0 aromatic carbocycles. The molecule has 5 nitrogen and oxygen atoms in total. The first-order valence-corrected chi connectivity index (χ1v) is 6.40. The third kappa shape index (κ3) is 2.73. The fraction of sp³-hybridized carbons (Fsp3) is 0.615. The smallest absolute Gasteiger partial charge is 0.257 e. The number of nitrogens with zero attached hydrogens (tertiary/aromatic N) is 2. The molecule has 0 spiro atoms. The highest BCUT2D eigenvalue weighted by molar-refractivity contribution is 5.94. The van der Waals surface area contributed by atoms with Gasteiger partial charge in [0.2, 0.25) is 0 Å². The van der Waals surface area contributed by atoms with Crippen molar-refractivity contribution in [3.63, 3.8) is 0 Å². The van der Waals surface area contributed by atoms with Gasteiger partial charge >= 0.3 is 0 Å². The summed E-state index contributed by atoms with van der Waals surface area (Å²) in [5.74, 6) is 0.834. The lowest BCUT2D eigenvalue weighted by atomic mass is 10.2. The van der Waals surface area contributed by atoms with Gasteiger partial charge in [-0.1, -0.05) is 0 Å². The number of rotatable bonds is 3. The Morgan fingerprint density at radius 3 is 2.61 bits per heavy atom. The SMILES string of the molecule is Cc1cc(C(=O)N2CCN(C(C)CN)CC2)co1. The zero-order valence-corrected chi connectivity index (χ0v) is 11.1. The summed E-state index contributed by atoms with van der Waals surface area (Å²) >= 11 is 0. The second-order valence-electron chi connectivity index (χ2n) is 4.86. The van der Waals surface area contributed by atoms with Gasteiger partial charge in [-0.3, -0.25) is 9.69 Å². The molecule has 0 saturated carbocycles. The minimum Gasteiger partial charge on any atom is -0.469 e. The summed E-state index contributed by atoms with van der Waals surface area (Å²) in [6.07, 6.45) is 1.53. The van der Waals surface area contributed by atoms with Gasteiger partial charge in [0.15, 0.2) is 0 Å². The van der Waals surface area contributed by atoms with E-state index in [0.717, 1.165) is 31.9 Å². The van der Waals surface area contributed by atoms with Crippen LogP contribution in [0.15, 0.2) is 16.7 Å². The molecule has 1 saturated heterocycles. The summed E-state index contributed by atoms with van der Waals surface area (Å²) < 4.78 is 5.18. The predicted octanol–water partition coefficient (Wildman–Crippen LogP) is 0.693. The van der Waals surface area contributed by atoms with Crippen molar-refractivity contribution in [3.05, 3.63) is 23.7 Å². The van der Waals surface area contributed by atoms with Crippen molar-refractivity contribution in [2.75, 3.05) is 32.7 Å². The number of aryl methyl sites for hydroxylation is 1. The van der Waals surface area contributed by atoms with Crippen molar-refractivity contribution >= 4 is 5.91 Å². The van der Waals surface area contributed by atoms with Crippen LogP contribution in [-0.4, -0.2) is 54.5 Å². The van der Waals surface area contributed by atoms with Crippen molar-refractivity contribution in [2.24, 2.45) is 5.73 Å². The summed E-state index contributed by atoms with van der Waals surface area (Å²) in [6, 6.07) is 2.18. The van der Waals surface area contributed by atoms with Crippen LogP contribution in [0, 0.1) is 6.92 Å². The van der Waals surface area contributed by atoms with E-state index in [9.17, 15) is 4.79 Å². The average Bonchev–Trinajstić information content (AvgIpc) is 2.84. The molecule has 2 heterocycles. The number of nitrogens with two attached hydrogens (primary N) is 1. The van der Waals surface area contributed by atoms with E-state index in [-0.39, 0.29) is 5.91 Å². The van der Waals surface area contributed by atoms with Crippen LogP contribution in [-0.2, 0) is 0 Å². The highest BCUT2D eigenvalue weighted by atomic mass is 16.3. The Balaban J connectivity index is 1.92. The minimum atomic E-state index is 0.0619. The van der Waals surface area contributed by atoms with Crippen LogP contribution in [0.4, 0.5) is 0 Å².